The Morgan fingerprint density at radius 2 is 1.77 bits per heavy atom. The number of benzene rings is 1. The second-order valence-corrected chi connectivity index (χ2v) is 5.86. The summed E-state index contributed by atoms with van der Waals surface area (Å²) in [6.45, 7) is 1.72. The van der Waals surface area contributed by atoms with Gasteiger partial charge in [0.2, 0.25) is 5.91 Å². The number of amides is 1. The van der Waals surface area contributed by atoms with Crippen LogP contribution in [0.1, 0.15) is 25.0 Å². The van der Waals surface area contributed by atoms with E-state index in [-0.39, 0.29) is 5.91 Å². The maximum absolute atomic E-state index is 12.1. The van der Waals surface area contributed by atoms with Crippen LogP contribution < -0.4 is 0 Å². The zero-order valence-corrected chi connectivity index (χ0v) is 13.1. The van der Waals surface area contributed by atoms with Crippen LogP contribution in [0.5, 0.6) is 0 Å². The first-order chi connectivity index (χ1) is 10.7. The number of furan rings is 1. The van der Waals surface area contributed by atoms with Gasteiger partial charge in [-0.1, -0.05) is 11.6 Å². The number of halogens is 1. The fourth-order valence-electron chi connectivity index (χ4n) is 2.58. The molecular weight excluding hydrogens is 298 g/mol. The van der Waals surface area contributed by atoms with Gasteiger partial charge in [0.1, 0.15) is 11.5 Å². The van der Waals surface area contributed by atoms with Crippen molar-refractivity contribution in [1.82, 2.24) is 4.90 Å². The van der Waals surface area contributed by atoms with Gasteiger partial charge in [-0.25, -0.2) is 0 Å². The number of likely N-dealkylation sites (tertiary alicyclic amines) is 1. The number of hydrogen-bond donors (Lipinski definition) is 0. The molecule has 1 aromatic heterocycles. The maximum Gasteiger partial charge on any atom is 0.246 e. The lowest BCUT2D eigenvalue weighted by molar-refractivity contribution is -0.126. The van der Waals surface area contributed by atoms with Gasteiger partial charge in [0, 0.05) is 29.8 Å². The third-order valence-corrected chi connectivity index (χ3v) is 4.07. The highest BCUT2D eigenvalue weighted by molar-refractivity contribution is 6.30. The number of carbonyl (C=O) groups excluding carboxylic acids is 1. The average Bonchev–Trinajstić information content (AvgIpc) is 3.03. The van der Waals surface area contributed by atoms with E-state index in [2.05, 4.69) is 0 Å². The highest BCUT2D eigenvalue weighted by Crippen LogP contribution is 2.24. The smallest absolute Gasteiger partial charge is 0.246 e. The summed E-state index contributed by atoms with van der Waals surface area (Å²) in [5.41, 5.74) is 0.964. The van der Waals surface area contributed by atoms with Crippen LogP contribution in [-0.4, -0.2) is 23.9 Å². The lowest BCUT2D eigenvalue weighted by Gasteiger charge is -2.25. The predicted octanol–water partition coefficient (Wildman–Crippen LogP) is 4.63. The highest BCUT2D eigenvalue weighted by atomic mass is 35.5. The van der Waals surface area contributed by atoms with Gasteiger partial charge < -0.3 is 9.32 Å². The Balaban J connectivity index is 1.67. The molecule has 22 heavy (non-hydrogen) atoms. The molecule has 0 spiro atoms. The Morgan fingerprint density at radius 1 is 1.05 bits per heavy atom. The topological polar surface area (TPSA) is 33.5 Å². The molecule has 1 aliphatic rings. The minimum Gasteiger partial charge on any atom is -0.457 e. The average molecular weight is 316 g/mol. The van der Waals surface area contributed by atoms with Gasteiger partial charge in [-0.3, -0.25) is 4.79 Å². The van der Waals surface area contributed by atoms with Crippen molar-refractivity contribution in [3.8, 4) is 11.3 Å². The largest absolute Gasteiger partial charge is 0.457 e. The molecule has 0 saturated carbocycles. The predicted molar refractivity (Wildman–Crippen MR) is 88.6 cm³/mol. The van der Waals surface area contributed by atoms with E-state index < -0.39 is 0 Å². The van der Waals surface area contributed by atoms with E-state index >= 15 is 0 Å². The molecular formula is C18H18ClNO2. The van der Waals surface area contributed by atoms with Gasteiger partial charge in [-0.05, 0) is 61.7 Å². The van der Waals surface area contributed by atoms with Crippen molar-refractivity contribution in [3.63, 3.8) is 0 Å². The number of piperidine rings is 1. The quantitative estimate of drug-likeness (QED) is 0.774. The van der Waals surface area contributed by atoms with Gasteiger partial charge in [-0.15, -0.1) is 0 Å². The molecule has 0 aliphatic carbocycles. The summed E-state index contributed by atoms with van der Waals surface area (Å²) in [6.07, 6.45) is 6.74. The van der Waals surface area contributed by atoms with Gasteiger partial charge >= 0.3 is 0 Å². The summed E-state index contributed by atoms with van der Waals surface area (Å²) in [6, 6.07) is 11.2. The van der Waals surface area contributed by atoms with Crippen molar-refractivity contribution in [2.75, 3.05) is 13.1 Å². The zero-order valence-electron chi connectivity index (χ0n) is 12.3. The first kappa shape index (κ1) is 14.9. The van der Waals surface area contributed by atoms with Crippen LogP contribution in [0, 0.1) is 0 Å². The van der Waals surface area contributed by atoms with E-state index in [0.29, 0.717) is 10.8 Å². The molecule has 0 N–H and O–H groups in total. The molecule has 3 nitrogen and oxygen atoms in total. The van der Waals surface area contributed by atoms with Gasteiger partial charge in [-0.2, -0.15) is 0 Å². The molecule has 3 rings (SSSR count). The number of nitrogens with zero attached hydrogens (tertiary/aromatic N) is 1. The van der Waals surface area contributed by atoms with E-state index in [1.807, 2.05) is 41.3 Å². The van der Waals surface area contributed by atoms with E-state index in [1.165, 1.54) is 6.42 Å². The second-order valence-electron chi connectivity index (χ2n) is 5.43. The van der Waals surface area contributed by atoms with Crippen LogP contribution in [-0.2, 0) is 4.79 Å². The molecule has 0 unspecified atom stereocenters. The normalized spacial score (nSPS) is 15.4. The monoisotopic (exact) mass is 315 g/mol. The minimum absolute atomic E-state index is 0.0594. The second kappa shape index (κ2) is 6.84. The summed E-state index contributed by atoms with van der Waals surface area (Å²) in [5, 5.41) is 0.697. The number of carbonyl (C=O) groups is 1. The standard InChI is InChI=1S/C18H18ClNO2/c19-15-6-4-14(5-7-15)17-10-8-16(22-17)9-11-18(21)20-12-2-1-3-13-20/h4-11H,1-3,12-13H2. The van der Waals surface area contributed by atoms with E-state index in [4.69, 9.17) is 16.0 Å². The molecule has 2 heterocycles. The molecule has 2 aromatic rings. The summed E-state index contributed by atoms with van der Waals surface area (Å²) >= 11 is 5.88. The number of hydrogen-bond acceptors (Lipinski definition) is 2. The SMILES string of the molecule is O=C(C=Cc1ccc(-c2ccc(Cl)cc2)o1)N1CCCCC1. The molecule has 1 aromatic carbocycles. The van der Waals surface area contributed by atoms with Crippen LogP contribution >= 0.6 is 11.6 Å². The van der Waals surface area contributed by atoms with Gasteiger partial charge in [0.15, 0.2) is 0 Å². The van der Waals surface area contributed by atoms with Crippen LogP contribution in [0.3, 0.4) is 0 Å². The van der Waals surface area contributed by atoms with E-state index in [9.17, 15) is 4.79 Å². The van der Waals surface area contributed by atoms with Gasteiger partial charge in [0.05, 0.1) is 0 Å². The van der Waals surface area contributed by atoms with Crippen LogP contribution in [0.2, 0.25) is 5.02 Å². The highest BCUT2D eigenvalue weighted by Gasteiger charge is 2.13. The zero-order chi connectivity index (χ0) is 15.4. The van der Waals surface area contributed by atoms with Crippen molar-refractivity contribution in [1.29, 1.82) is 0 Å². The molecule has 114 valence electrons. The first-order valence-electron chi connectivity index (χ1n) is 7.55. The minimum atomic E-state index is 0.0594. The lowest BCUT2D eigenvalue weighted by Crippen LogP contribution is -2.34. The fourth-order valence-corrected chi connectivity index (χ4v) is 2.71. The number of rotatable bonds is 3. The Hall–Kier alpha value is -2.00. The Bertz CT molecular complexity index is 667. The Morgan fingerprint density at radius 3 is 2.50 bits per heavy atom. The third-order valence-electron chi connectivity index (χ3n) is 3.81. The van der Waals surface area contributed by atoms with E-state index in [1.54, 1.807) is 12.2 Å². The molecule has 0 atom stereocenters. The summed E-state index contributed by atoms with van der Waals surface area (Å²) < 4.78 is 5.75. The van der Waals surface area contributed by atoms with Crippen LogP contribution in [0.25, 0.3) is 17.4 Å². The summed E-state index contributed by atoms with van der Waals surface area (Å²) in [7, 11) is 0. The Labute approximate surface area is 135 Å². The molecule has 0 radical (unpaired) electrons. The maximum atomic E-state index is 12.1. The molecule has 4 heteroatoms. The summed E-state index contributed by atoms with van der Waals surface area (Å²) in [4.78, 5) is 14.0. The van der Waals surface area contributed by atoms with Crippen molar-refractivity contribution >= 4 is 23.6 Å². The van der Waals surface area contributed by atoms with E-state index in [0.717, 1.165) is 37.3 Å². The summed E-state index contributed by atoms with van der Waals surface area (Å²) in [5.74, 6) is 1.50. The van der Waals surface area contributed by atoms with Crippen LogP contribution in [0.4, 0.5) is 0 Å². The first-order valence-corrected chi connectivity index (χ1v) is 7.93. The lowest BCUT2D eigenvalue weighted by atomic mass is 10.1. The van der Waals surface area contributed by atoms with Gasteiger partial charge in [0.25, 0.3) is 0 Å². The van der Waals surface area contributed by atoms with Crippen LogP contribution in [0.15, 0.2) is 46.9 Å². The van der Waals surface area contributed by atoms with Crippen molar-refractivity contribution in [2.45, 2.75) is 19.3 Å². The molecule has 1 aliphatic heterocycles. The third kappa shape index (κ3) is 3.60. The molecule has 1 fully saturated rings. The molecule has 1 amide bonds. The van der Waals surface area contributed by atoms with Crippen molar-refractivity contribution in [2.24, 2.45) is 0 Å². The molecule has 0 bridgehead atoms. The fraction of sp³-hybridized carbons (Fsp3) is 0.278. The molecule has 1 saturated heterocycles. The van der Waals surface area contributed by atoms with Crippen molar-refractivity contribution < 1.29 is 9.21 Å². The van der Waals surface area contributed by atoms with Crippen molar-refractivity contribution in [3.05, 3.63) is 53.3 Å². The Kier molecular flexibility index (Phi) is 4.64.